The normalized spacial score (nSPS) is 11.8. The van der Waals surface area contributed by atoms with Gasteiger partial charge >= 0.3 is 18.3 Å². The molecule has 3 amide bonds. The highest BCUT2D eigenvalue weighted by Gasteiger charge is 2.29. The number of ether oxygens (including phenoxy) is 3. The molecule has 0 bridgehead atoms. The van der Waals surface area contributed by atoms with Gasteiger partial charge in [0.1, 0.15) is 6.61 Å². The van der Waals surface area contributed by atoms with E-state index >= 15 is 0 Å². The van der Waals surface area contributed by atoms with Gasteiger partial charge in [-0.05, 0) is 31.9 Å². The largest absolute Gasteiger partial charge is 0.449 e. The lowest BCUT2D eigenvalue weighted by atomic mass is 10.0. The maximum absolute atomic E-state index is 12.5. The Morgan fingerprint density at radius 2 is 1.50 bits per heavy atom. The summed E-state index contributed by atoms with van der Waals surface area (Å²) in [7, 11) is 0. The van der Waals surface area contributed by atoms with E-state index in [1.807, 2.05) is 30.3 Å². The summed E-state index contributed by atoms with van der Waals surface area (Å²) in [5.41, 5.74) is 3.92. The van der Waals surface area contributed by atoms with Crippen molar-refractivity contribution >= 4 is 24.0 Å². The number of carbonyl (C=O) groups is 3. The molecule has 0 saturated carbocycles. The molecule has 0 radical (unpaired) electrons. The summed E-state index contributed by atoms with van der Waals surface area (Å²) >= 11 is 0. The molecule has 0 fully saturated rings. The van der Waals surface area contributed by atoms with E-state index < -0.39 is 24.3 Å². The molecule has 170 valence electrons. The maximum Gasteiger partial charge on any atom is 0.434 e. The molecule has 0 aromatic heterocycles. The predicted octanol–water partition coefficient (Wildman–Crippen LogP) is 4.32. The van der Waals surface area contributed by atoms with Gasteiger partial charge in [0.2, 0.25) is 0 Å². The van der Waals surface area contributed by atoms with E-state index in [4.69, 9.17) is 14.2 Å². The molecule has 0 unspecified atom stereocenters. The van der Waals surface area contributed by atoms with Gasteiger partial charge in [0.15, 0.2) is 0 Å². The number of amides is 3. The Morgan fingerprint density at radius 1 is 0.906 bits per heavy atom. The van der Waals surface area contributed by atoms with Gasteiger partial charge in [0.05, 0.1) is 25.0 Å². The second-order valence-corrected chi connectivity index (χ2v) is 6.48. The standard InChI is InChI=1S/C23H27N3O6/c1-4-30-22(28)25-26(23(29)31-5-2)17(3)20(19-14-10-7-11-15-19)24-21(27)32-16-18-12-8-6-9-13-18/h6-15,17H,4-5,16H2,1-3H3,(H,25,28)/b24-20-/t17-/m1/s1. The van der Waals surface area contributed by atoms with Crippen LogP contribution in [0.4, 0.5) is 14.4 Å². The van der Waals surface area contributed by atoms with Crippen LogP contribution in [0.25, 0.3) is 0 Å². The minimum atomic E-state index is -0.884. The fourth-order valence-electron chi connectivity index (χ4n) is 2.74. The second-order valence-electron chi connectivity index (χ2n) is 6.48. The molecule has 0 aliphatic carbocycles. The average Bonchev–Trinajstić information content (AvgIpc) is 2.81. The van der Waals surface area contributed by atoms with E-state index in [-0.39, 0.29) is 25.5 Å². The van der Waals surface area contributed by atoms with Gasteiger partial charge in [-0.15, -0.1) is 0 Å². The highest BCUT2D eigenvalue weighted by Crippen LogP contribution is 2.12. The molecule has 9 nitrogen and oxygen atoms in total. The lowest BCUT2D eigenvalue weighted by Crippen LogP contribution is -2.54. The zero-order valence-corrected chi connectivity index (χ0v) is 18.3. The predicted molar refractivity (Wildman–Crippen MR) is 118 cm³/mol. The third-order valence-electron chi connectivity index (χ3n) is 4.22. The van der Waals surface area contributed by atoms with Gasteiger partial charge in [0.25, 0.3) is 0 Å². The van der Waals surface area contributed by atoms with Crippen molar-refractivity contribution in [1.82, 2.24) is 10.4 Å². The van der Waals surface area contributed by atoms with Crippen molar-refractivity contribution in [3.05, 3.63) is 71.8 Å². The molecule has 1 N–H and O–H groups in total. The third-order valence-corrected chi connectivity index (χ3v) is 4.22. The number of hydrazine groups is 1. The van der Waals surface area contributed by atoms with Gasteiger partial charge in [-0.2, -0.15) is 4.99 Å². The van der Waals surface area contributed by atoms with Crippen molar-refractivity contribution in [2.45, 2.75) is 33.4 Å². The molecule has 2 aromatic rings. The first-order chi connectivity index (χ1) is 15.5. The molecule has 9 heteroatoms. The van der Waals surface area contributed by atoms with Gasteiger partial charge in [0, 0.05) is 0 Å². The Kier molecular flexibility index (Phi) is 9.70. The van der Waals surface area contributed by atoms with Crippen LogP contribution in [0.15, 0.2) is 65.7 Å². The van der Waals surface area contributed by atoms with Crippen LogP contribution in [0.1, 0.15) is 31.9 Å². The molecule has 0 saturated heterocycles. The lowest BCUT2D eigenvalue weighted by Gasteiger charge is -2.29. The summed E-state index contributed by atoms with van der Waals surface area (Å²) < 4.78 is 15.2. The van der Waals surface area contributed by atoms with E-state index in [0.717, 1.165) is 10.6 Å². The van der Waals surface area contributed by atoms with Crippen LogP contribution in [0.3, 0.4) is 0 Å². The number of hydrogen-bond donors (Lipinski definition) is 1. The minimum absolute atomic E-state index is 0.0439. The Balaban J connectivity index is 2.31. The van der Waals surface area contributed by atoms with Crippen LogP contribution in [0.5, 0.6) is 0 Å². The van der Waals surface area contributed by atoms with Crippen molar-refractivity contribution in [2.24, 2.45) is 4.99 Å². The van der Waals surface area contributed by atoms with Crippen molar-refractivity contribution in [3.8, 4) is 0 Å². The summed E-state index contributed by atoms with van der Waals surface area (Å²) in [5, 5.41) is 0.928. The Bertz CT molecular complexity index is 918. The molecule has 1 atom stereocenters. The average molecular weight is 441 g/mol. The molecule has 0 spiro atoms. The van der Waals surface area contributed by atoms with Gasteiger partial charge < -0.3 is 14.2 Å². The molecular weight excluding hydrogens is 414 g/mol. The minimum Gasteiger partial charge on any atom is -0.449 e. The number of carbonyl (C=O) groups excluding carboxylic acids is 3. The first-order valence-corrected chi connectivity index (χ1v) is 10.2. The SMILES string of the molecule is CCOC(=O)NN(C(=O)OCC)[C@H](C)/C(=N/C(=O)OCc1ccccc1)c1ccccc1. The highest BCUT2D eigenvalue weighted by molar-refractivity contribution is 6.09. The third kappa shape index (κ3) is 7.42. The molecule has 2 rings (SSSR count). The Morgan fingerprint density at radius 3 is 2.09 bits per heavy atom. The first kappa shape index (κ1) is 24.4. The Labute approximate surface area is 187 Å². The Hall–Kier alpha value is -3.88. The lowest BCUT2D eigenvalue weighted by molar-refractivity contribution is 0.0689. The fourth-order valence-corrected chi connectivity index (χ4v) is 2.74. The number of aliphatic imine (C=N–C) groups is 1. The molecular formula is C23H27N3O6. The van der Waals surface area contributed by atoms with Crippen LogP contribution in [-0.2, 0) is 20.8 Å². The topological polar surface area (TPSA) is 107 Å². The van der Waals surface area contributed by atoms with Crippen molar-refractivity contribution in [2.75, 3.05) is 13.2 Å². The molecule has 0 aliphatic rings. The fraction of sp³-hybridized carbons (Fsp3) is 0.304. The van der Waals surface area contributed by atoms with Crippen LogP contribution in [-0.4, -0.2) is 48.3 Å². The number of nitrogens with one attached hydrogen (secondary N) is 1. The first-order valence-electron chi connectivity index (χ1n) is 10.2. The van der Waals surface area contributed by atoms with Crippen molar-refractivity contribution < 1.29 is 28.6 Å². The monoisotopic (exact) mass is 441 g/mol. The van der Waals surface area contributed by atoms with Gasteiger partial charge in [-0.25, -0.2) is 24.8 Å². The van der Waals surface area contributed by atoms with Gasteiger partial charge in [-0.3, -0.25) is 0 Å². The van der Waals surface area contributed by atoms with Crippen molar-refractivity contribution in [3.63, 3.8) is 0 Å². The van der Waals surface area contributed by atoms with E-state index in [2.05, 4.69) is 10.4 Å². The van der Waals surface area contributed by atoms with E-state index in [1.54, 1.807) is 51.1 Å². The maximum atomic E-state index is 12.5. The van der Waals surface area contributed by atoms with Crippen LogP contribution >= 0.6 is 0 Å². The van der Waals surface area contributed by atoms with E-state index in [9.17, 15) is 14.4 Å². The van der Waals surface area contributed by atoms with Gasteiger partial charge in [-0.1, -0.05) is 60.7 Å². The molecule has 0 heterocycles. The van der Waals surface area contributed by atoms with E-state index in [0.29, 0.717) is 5.56 Å². The summed E-state index contributed by atoms with van der Waals surface area (Å²) in [6.45, 7) is 5.11. The van der Waals surface area contributed by atoms with E-state index in [1.165, 1.54) is 0 Å². The summed E-state index contributed by atoms with van der Waals surface area (Å²) in [5.74, 6) is 0. The zero-order valence-electron chi connectivity index (χ0n) is 18.3. The second kappa shape index (κ2) is 12.7. The summed E-state index contributed by atoms with van der Waals surface area (Å²) in [4.78, 5) is 41.1. The van der Waals surface area contributed by atoms with Crippen LogP contribution in [0.2, 0.25) is 0 Å². The highest BCUT2D eigenvalue weighted by atomic mass is 16.6. The molecule has 2 aromatic carbocycles. The molecule has 0 aliphatic heterocycles. The smallest absolute Gasteiger partial charge is 0.434 e. The number of benzene rings is 2. The van der Waals surface area contributed by atoms with Crippen molar-refractivity contribution in [1.29, 1.82) is 0 Å². The number of rotatable bonds is 7. The molecule has 32 heavy (non-hydrogen) atoms. The summed E-state index contributed by atoms with van der Waals surface area (Å²) in [6.07, 6.45) is -2.50. The number of nitrogens with zero attached hydrogens (tertiary/aromatic N) is 2. The summed E-state index contributed by atoms with van der Waals surface area (Å²) in [6, 6.07) is 17.1. The number of hydrogen-bond acceptors (Lipinski definition) is 6. The quantitative estimate of drug-likeness (QED) is 0.390. The zero-order chi connectivity index (χ0) is 23.3. The van der Waals surface area contributed by atoms with Crippen LogP contribution < -0.4 is 5.43 Å². The van der Waals surface area contributed by atoms with Crippen LogP contribution in [0, 0.1) is 0 Å².